The molecule has 0 radical (unpaired) electrons. The number of carbonyl (C=O) groups is 1. The maximum Gasteiger partial charge on any atom is 0.346 e. The van der Waals surface area contributed by atoms with Crippen molar-refractivity contribution in [3.63, 3.8) is 0 Å². The molecule has 0 aliphatic carbocycles. The van der Waals surface area contributed by atoms with Crippen LogP contribution in [0.1, 0.15) is 42.6 Å². The highest BCUT2D eigenvalue weighted by Gasteiger charge is 2.20. The van der Waals surface area contributed by atoms with Gasteiger partial charge in [-0.2, -0.15) is 4.39 Å². The topological polar surface area (TPSA) is 35.5 Å². The molecule has 25 heavy (non-hydrogen) atoms. The summed E-state index contributed by atoms with van der Waals surface area (Å²) in [7, 11) is 0. The molecule has 0 amide bonds. The molecule has 2 aromatic rings. The number of halogens is 3. The van der Waals surface area contributed by atoms with Crippen LogP contribution >= 0.6 is 0 Å². The third-order valence-electron chi connectivity index (χ3n) is 3.48. The van der Waals surface area contributed by atoms with Crippen molar-refractivity contribution >= 4 is 5.97 Å². The lowest BCUT2D eigenvalue weighted by molar-refractivity contribution is 0.0721. The smallest absolute Gasteiger partial charge is 0.346 e. The second-order valence-electron chi connectivity index (χ2n) is 5.48. The summed E-state index contributed by atoms with van der Waals surface area (Å²) in [4.78, 5) is 12.0. The maximum atomic E-state index is 14.0. The first-order valence-corrected chi connectivity index (χ1v) is 8.09. The van der Waals surface area contributed by atoms with Crippen LogP contribution in [0.2, 0.25) is 0 Å². The van der Waals surface area contributed by atoms with E-state index >= 15 is 0 Å². The Balaban J connectivity index is 2.18. The number of aryl methyl sites for hydroxylation is 1. The van der Waals surface area contributed by atoms with Gasteiger partial charge in [0.15, 0.2) is 11.6 Å². The predicted octanol–water partition coefficient (Wildman–Crippen LogP) is 5.06. The fourth-order valence-electron chi connectivity index (χ4n) is 2.24. The van der Waals surface area contributed by atoms with E-state index in [0.29, 0.717) is 19.4 Å². The van der Waals surface area contributed by atoms with Crippen molar-refractivity contribution in [1.29, 1.82) is 0 Å². The van der Waals surface area contributed by atoms with Crippen molar-refractivity contribution in [3.05, 3.63) is 58.9 Å². The predicted molar refractivity (Wildman–Crippen MR) is 87.5 cm³/mol. The van der Waals surface area contributed by atoms with E-state index < -0.39 is 29.2 Å². The van der Waals surface area contributed by atoms with Crippen molar-refractivity contribution in [2.75, 3.05) is 6.61 Å². The van der Waals surface area contributed by atoms with Crippen LogP contribution in [0.25, 0.3) is 0 Å². The van der Waals surface area contributed by atoms with Crippen molar-refractivity contribution < 1.29 is 27.4 Å². The number of carbonyl (C=O) groups excluding carboxylic acids is 1. The molecule has 0 unspecified atom stereocenters. The second-order valence-corrected chi connectivity index (χ2v) is 5.48. The lowest BCUT2D eigenvalue weighted by Crippen LogP contribution is -2.12. The molecule has 0 heterocycles. The molecule has 0 fully saturated rings. The first kappa shape index (κ1) is 18.8. The molecule has 0 N–H and O–H groups in total. The molecule has 0 aliphatic rings. The minimum Gasteiger partial charge on any atom is -0.494 e. The van der Waals surface area contributed by atoms with Gasteiger partial charge in [-0.25, -0.2) is 13.6 Å². The minimum absolute atomic E-state index is 0.198. The van der Waals surface area contributed by atoms with Crippen LogP contribution in [-0.4, -0.2) is 12.6 Å². The molecule has 134 valence electrons. The fraction of sp³-hybridized carbons (Fsp3) is 0.316. The van der Waals surface area contributed by atoms with Crippen LogP contribution in [0.3, 0.4) is 0 Å². The van der Waals surface area contributed by atoms with Gasteiger partial charge in [-0.1, -0.05) is 26.3 Å². The van der Waals surface area contributed by atoms with E-state index in [0.717, 1.165) is 18.6 Å². The number of hydrogen-bond donors (Lipinski definition) is 0. The Hall–Kier alpha value is -2.50. The van der Waals surface area contributed by atoms with Gasteiger partial charge in [-0.15, -0.1) is 0 Å². The summed E-state index contributed by atoms with van der Waals surface area (Å²) < 4.78 is 52.0. The second kappa shape index (κ2) is 8.55. The molecule has 2 aromatic carbocycles. The molecule has 0 spiro atoms. The van der Waals surface area contributed by atoms with Crippen LogP contribution in [-0.2, 0) is 6.42 Å². The highest BCUT2D eigenvalue weighted by molar-refractivity contribution is 5.91. The van der Waals surface area contributed by atoms with E-state index in [9.17, 15) is 18.0 Å². The van der Waals surface area contributed by atoms with Crippen LogP contribution in [0, 0.1) is 17.5 Å². The first-order chi connectivity index (χ1) is 12.0. The molecule has 2 rings (SSSR count). The number of benzene rings is 2. The Morgan fingerprint density at radius 1 is 1.00 bits per heavy atom. The Bertz CT molecular complexity index is 760. The number of hydrogen-bond acceptors (Lipinski definition) is 3. The van der Waals surface area contributed by atoms with Gasteiger partial charge in [0, 0.05) is 6.07 Å². The van der Waals surface area contributed by atoms with Gasteiger partial charge >= 0.3 is 5.97 Å². The minimum atomic E-state index is -1.26. The van der Waals surface area contributed by atoms with Crippen molar-refractivity contribution in [2.24, 2.45) is 0 Å². The summed E-state index contributed by atoms with van der Waals surface area (Å²) in [6, 6.07) is 6.16. The molecule has 0 aromatic heterocycles. The van der Waals surface area contributed by atoms with E-state index in [-0.39, 0.29) is 16.9 Å². The summed E-state index contributed by atoms with van der Waals surface area (Å²) >= 11 is 0. The monoisotopic (exact) mass is 352 g/mol. The fourth-order valence-corrected chi connectivity index (χ4v) is 2.24. The summed E-state index contributed by atoms with van der Waals surface area (Å²) in [5.41, 5.74) is -0.190. The lowest BCUT2D eigenvalue weighted by Gasteiger charge is -2.10. The largest absolute Gasteiger partial charge is 0.494 e. The molecule has 0 atom stereocenters. The van der Waals surface area contributed by atoms with E-state index in [1.807, 2.05) is 13.8 Å². The van der Waals surface area contributed by atoms with Crippen molar-refractivity contribution in [1.82, 2.24) is 0 Å². The average molecular weight is 352 g/mol. The summed E-state index contributed by atoms with van der Waals surface area (Å²) in [6.07, 6.45) is 1.77. The normalized spacial score (nSPS) is 10.6. The van der Waals surface area contributed by atoms with Gasteiger partial charge in [0.05, 0.1) is 12.2 Å². The Morgan fingerprint density at radius 2 is 1.76 bits per heavy atom. The van der Waals surface area contributed by atoms with Gasteiger partial charge in [-0.05, 0) is 36.6 Å². The van der Waals surface area contributed by atoms with Crippen molar-refractivity contribution in [3.8, 4) is 11.5 Å². The zero-order valence-corrected chi connectivity index (χ0v) is 14.1. The van der Waals surface area contributed by atoms with Gasteiger partial charge in [-0.3, -0.25) is 0 Å². The Morgan fingerprint density at radius 3 is 2.40 bits per heavy atom. The number of ether oxygens (including phenoxy) is 2. The standard InChI is InChI=1S/C19H19F3O3/c1-3-5-12-6-9-16(18(22)17(12)21)25-19(23)14-8-7-13(11-15(14)20)24-10-4-2/h6-9,11H,3-5,10H2,1-2H3. The zero-order chi connectivity index (χ0) is 18.4. The van der Waals surface area contributed by atoms with Gasteiger partial charge in [0.25, 0.3) is 0 Å². The highest BCUT2D eigenvalue weighted by Crippen LogP contribution is 2.25. The van der Waals surface area contributed by atoms with Crippen molar-refractivity contribution in [2.45, 2.75) is 33.1 Å². The van der Waals surface area contributed by atoms with Crippen LogP contribution in [0.15, 0.2) is 30.3 Å². The highest BCUT2D eigenvalue weighted by atomic mass is 19.2. The number of esters is 1. The third kappa shape index (κ3) is 4.53. The molecule has 6 heteroatoms. The zero-order valence-electron chi connectivity index (χ0n) is 14.1. The summed E-state index contributed by atoms with van der Waals surface area (Å²) in [5.74, 6) is -4.59. The van der Waals surface area contributed by atoms with Gasteiger partial charge < -0.3 is 9.47 Å². The van der Waals surface area contributed by atoms with Crippen LogP contribution < -0.4 is 9.47 Å². The lowest BCUT2D eigenvalue weighted by atomic mass is 10.1. The molecular formula is C19H19F3O3. The quantitative estimate of drug-likeness (QED) is 0.516. The molecular weight excluding hydrogens is 333 g/mol. The molecule has 0 bridgehead atoms. The molecule has 0 aliphatic heterocycles. The summed E-state index contributed by atoms with van der Waals surface area (Å²) in [6.45, 7) is 4.15. The van der Waals surface area contributed by atoms with Crippen LogP contribution in [0.4, 0.5) is 13.2 Å². The Kier molecular flexibility index (Phi) is 6.44. The van der Waals surface area contributed by atoms with E-state index in [2.05, 4.69) is 0 Å². The van der Waals surface area contributed by atoms with Crippen LogP contribution in [0.5, 0.6) is 11.5 Å². The number of rotatable bonds is 7. The molecule has 3 nitrogen and oxygen atoms in total. The third-order valence-corrected chi connectivity index (χ3v) is 3.48. The maximum absolute atomic E-state index is 14.0. The van der Waals surface area contributed by atoms with E-state index in [1.54, 1.807) is 0 Å². The SMILES string of the molecule is CCCOc1ccc(C(=O)Oc2ccc(CCC)c(F)c2F)c(F)c1. The average Bonchev–Trinajstić information content (AvgIpc) is 2.59. The first-order valence-electron chi connectivity index (χ1n) is 8.09. The summed E-state index contributed by atoms with van der Waals surface area (Å²) in [5, 5.41) is 0. The Labute approximate surface area is 144 Å². The molecule has 0 saturated heterocycles. The van der Waals surface area contributed by atoms with Gasteiger partial charge in [0.2, 0.25) is 5.82 Å². The van der Waals surface area contributed by atoms with E-state index in [1.165, 1.54) is 18.2 Å². The van der Waals surface area contributed by atoms with E-state index in [4.69, 9.17) is 9.47 Å². The van der Waals surface area contributed by atoms with Gasteiger partial charge in [0.1, 0.15) is 11.6 Å². The molecule has 0 saturated carbocycles.